The Bertz CT molecular complexity index is 824. The SMILES string of the molecule is CC1CC(=O)c2c(c3c(c4c2OC(=O)CC4CCl)OC(C)(C)C=C3)O1. The van der Waals surface area contributed by atoms with E-state index < -0.39 is 11.6 Å². The quantitative estimate of drug-likeness (QED) is 0.431. The molecule has 2 atom stereocenters. The first-order valence-electron chi connectivity index (χ1n) is 8.39. The molecule has 2 unspecified atom stereocenters. The van der Waals surface area contributed by atoms with Crippen molar-refractivity contribution in [2.24, 2.45) is 0 Å². The lowest BCUT2D eigenvalue weighted by Gasteiger charge is -2.37. The van der Waals surface area contributed by atoms with Crippen molar-refractivity contribution in [3.05, 3.63) is 22.8 Å². The van der Waals surface area contributed by atoms with E-state index in [1.54, 1.807) is 0 Å². The molecular formula is C19H19ClO5. The van der Waals surface area contributed by atoms with Crippen LogP contribution in [0.5, 0.6) is 17.2 Å². The smallest absolute Gasteiger partial charge is 0.311 e. The highest BCUT2D eigenvalue weighted by atomic mass is 35.5. The van der Waals surface area contributed by atoms with Crippen LogP contribution in [-0.4, -0.2) is 29.3 Å². The summed E-state index contributed by atoms with van der Waals surface area (Å²) in [5.41, 5.74) is 1.24. The van der Waals surface area contributed by atoms with Gasteiger partial charge in [0.25, 0.3) is 0 Å². The minimum Gasteiger partial charge on any atom is -0.489 e. The Balaban J connectivity index is 2.06. The summed E-state index contributed by atoms with van der Waals surface area (Å²) in [6.45, 7) is 5.73. The summed E-state index contributed by atoms with van der Waals surface area (Å²) in [5, 5.41) is 0. The average molecular weight is 363 g/mol. The van der Waals surface area contributed by atoms with Crippen LogP contribution in [0, 0.1) is 0 Å². The second kappa shape index (κ2) is 5.49. The van der Waals surface area contributed by atoms with Crippen molar-refractivity contribution < 1.29 is 23.8 Å². The van der Waals surface area contributed by atoms with Gasteiger partial charge < -0.3 is 14.2 Å². The maximum absolute atomic E-state index is 12.7. The highest BCUT2D eigenvalue weighted by molar-refractivity contribution is 6.18. The van der Waals surface area contributed by atoms with Gasteiger partial charge in [-0.3, -0.25) is 9.59 Å². The highest BCUT2D eigenvalue weighted by Gasteiger charge is 2.42. The molecule has 3 aliphatic rings. The number of Topliss-reactive ketones (excluding diaryl/α,β-unsaturated/α-hetero) is 1. The van der Waals surface area contributed by atoms with Crippen LogP contribution in [0.4, 0.5) is 0 Å². The van der Waals surface area contributed by atoms with Crippen LogP contribution in [-0.2, 0) is 4.79 Å². The largest absolute Gasteiger partial charge is 0.489 e. The van der Waals surface area contributed by atoms with Crippen molar-refractivity contribution in [2.45, 2.75) is 51.2 Å². The van der Waals surface area contributed by atoms with Crippen LogP contribution >= 0.6 is 11.6 Å². The number of ketones is 1. The minimum atomic E-state index is -0.516. The monoisotopic (exact) mass is 362 g/mol. The topological polar surface area (TPSA) is 61.8 Å². The van der Waals surface area contributed by atoms with E-state index in [0.29, 0.717) is 22.6 Å². The third-order valence-electron chi connectivity index (χ3n) is 4.74. The number of carbonyl (C=O) groups is 2. The van der Waals surface area contributed by atoms with E-state index in [1.807, 2.05) is 32.9 Å². The number of fused-ring (bicyclic) bond motifs is 6. The van der Waals surface area contributed by atoms with E-state index >= 15 is 0 Å². The number of ether oxygens (including phenoxy) is 3. The van der Waals surface area contributed by atoms with Crippen molar-refractivity contribution in [2.75, 3.05) is 5.88 Å². The van der Waals surface area contributed by atoms with Crippen LogP contribution in [0.2, 0.25) is 0 Å². The van der Waals surface area contributed by atoms with Crippen LogP contribution in [0.15, 0.2) is 6.08 Å². The molecule has 1 aromatic carbocycles. The van der Waals surface area contributed by atoms with Gasteiger partial charge in [-0.15, -0.1) is 11.6 Å². The molecule has 25 heavy (non-hydrogen) atoms. The molecule has 3 heterocycles. The van der Waals surface area contributed by atoms with Gasteiger partial charge in [0.2, 0.25) is 0 Å². The number of halogens is 1. The Hall–Kier alpha value is -2.01. The van der Waals surface area contributed by atoms with Crippen molar-refractivity contribution in [1.82, 2.24) is 0 Å². The molecule has 0 spiro atoms. The third-order valence-corrected chi connectivity index (χ3v) is 5.12. The van der Waals surface area contributed by atoms with Gasteiger partial charge in [-0.1, -0.05) is 0 Å². The molecule has 0 aliphatic carbocycles. The molecule has 132 valence electrons. The first-order valence-corrected chi connectivity index (χ1v) is 8.92. The van der Waals surface area contributed by atoms with Crippen molar-refractivity contribution in [3.8, 4) is 17.2 Å². The molecular weight excluding hydrogens is 344 g/mol. The molecule has 6 heteroatoms. The molecule has 0 saturated heterocycles. The van der Waals surface area contributed by atoms with E-state index in [1.165, 1.54) is 0 Å². The number of alkyl halides is 1. The molecule has 0 radical (unpaired) electrons. The fourth-order valence-electron chi connectivity index (χ4n) is 3.62. The van der Waals surface area contributed by atoms with Crippen molar-refractivity contribution in [1.29, 1.82) is 0 Å². The van der Waals surface area contributed by atoms with Gasteiger partial charge in [0.1, 0.15) is 28.8 Å². The van der Waals surface area contributed by atoms with Crippen LogP contribution in [0.25, 0.3) is 6.08 Å². The van der Waals surface area contributed by atoms with Gasteiger partial charge in [0.15, 0.2) is 11.5 Å². The molecule has 3 aliphatic heterocycles. The molecule has 1 aromatic rings. The molecule has 0 amide bonds. The number of hydrogen-bond donors (Lipinski definition) is 0. The zero-order valence-corrected chi connectivity index (χ0v) is 15.1. The number of hydrogen-bond acceptors (Lipinski definition) is 5. The van der Waals surface area contributed by atoms with Gasteiger partial charge in [0, 0.05) is 23.8 Å². The van der Waals surface area contributed by atoms with Crippen LogP contribution in [0.1, 0.15) is 61.0 Å². The summed E-state index contributed by atoms with van der Waals surface area (Å²) < 4.78 is 17.7. The average Bonchev–Trinajstić information content (AvgIpc) is 2.52. The summed E-state index contributed by atoms with van der Waals surface area (Å²) in [6.07, 6.45) is 4.02. The summed E-state index contributed by atoms with van der Waals surface area (Å²) in [5.74, 6) is 0.803. The van der Waals surface area contributed by atoms with Gasteiger partial charge >= 0.3 is 5.97 Å². The van der Waals surface area contributed by atoms with E-state index in [9.17, 15) is 9.59 Å². The van der Waals surface area contributed by atoms with E-state index in [2.05, 4.69) is 0 Å². The Morgan fingerprint density at radius 1 is 1.20 bits per heavy atom. The van der Waals surface area contributed by atoms with Gasteiger partial charge in [-0.25, -0.2) is 0 Å². The lowest BCUT2D eigenvalue weighted by molar-refractivity contribution is -0.135. The summed E-state index contributed by atoms with van der Waals surface area (Å²) in [6, 6.07) is 0. The van der Waals surface area contributed by atoms with E-state index in [4.69, 9.17) is 25.8 Å². The van der Waals surface area contributed by atoms with Crippen molar-refractivity contribution >= 4 is 29.4 Å². The van der Waals surface area contributed by atoms with Gasteiger partial charge in [-0.05, 0) is 32.9 Å². The second-order valence-corrected chi connectivity index (χ2v) is 7.62. The predicted octanol–water partition coefficient (Wildman–Crippen LogP) is 3.86. The Morgan fingerprint density at radius 3 is 2.68 bits per heavy atom. The predicted molar refractivity (Wildman–Crippen MR) is 92.9 cm³/mol. The molecule has 0 N–H and O–H groups in total. The zero-order valence-electron chi connectivity index (χ0n) is 14.3. The maximum atomic E-state index is 12.7. The maximum Gasteiger partial charge on any atom is 0.311 e. The molecule has 0 saturated carbocycles. The van der Waals surface area contributed by atoms with Gasteiger partial charge in [0.05, 0.1) is 12.0 Å². The Kier molecular flexibility index (Phi) is 3.62. The lowest BCUT2D eigenvalue weighted by atomic mass is 9.84. The fraction of sp³-hybridized carbons (Fsp3) is 0.474. The molecule has 4 rings (SSSR count). The normalized spacial score (nSPS) is 25.9. The zero-order chi connectivity index (χ0) is 17.9. The molecule has 5 nitrogen and oxygen atoms in total. The first-order chi connectivity index (χ1) is 11.8. The number of esters is 1. The first kappa shape index (κ1) is 16.5. The fourth-order valence-corrected chi connectivity index (χ4v) is 3.88. The number of benzene rings is 1. The van der Waals surface area contributed by atoms with Gasteiger partial charge in [-0.2, -0.15) is 0 Å². The second-order valence-electron chi connectivity index (χ2n) is 7.31. The number of rotatable bonds is 1. The highest BCUT2D eigenvalue weighted by Crippen LogP contribution is 2.54. The Labute approximate surface area is 150 Å². The molecule has 0 fully saturated rings. The number of carbonyl (C=O) groups excluding carboxylic acids is 2. The lowest BCUT2D eigenvalue weighted by Crippen LogP contribution is -2.33. The van der Waals surface area contributed by atoms with E-state index in [0.717, 1.165) is 5.56 Å². The van der Waals surface area contributed by atoms with E-state index in [-0.39, 0.29) is 42.3 Å². The van der Waals surface area contributed by atoms with Crippen molar-refractivity contribution in [3.63, 3.8) is 0 Å². The Morgan fingerprint density at radius 2 is 1.96 bits per heavy atom. The van der Waals surface area contributed by atoms with Crippen LogP contribution < -0.4 is 14.2 Å². The standard InChI is InChI=1S/C19H19ClO5/c1-9-6-12(21)15-16(23-9)11-4-5-19(2,3)25-17(11)14-10(8-20)7-13(22)24-18(14)15/h4-5,9-10H,6-8H2,1-3H3. The summed E-state index contributed by atoms with van der Waals surface area (Å²) in [4.78, 5) is 24.8. The summed E-state index contributed by atoms with van der Waals surface area (Å²) in [7, 11) is 0. The molecule has 0 aromatic heterocycles. The molecule has 0 bridgehead atoms. The van der Waals surface area contributed by atoms with Crippen LogP contribution in [0.3, 0.4) is 0 Å². The third kappa shape index (κ3) is 2.53. The minimum absolute atomic E-state index is 0.0888. The summed E-state index contributed by atoms with van der Waals surface area (Å²) >= 11 is 6.13.